The molecule has 58 valence electrons. The first-order valence-electron chi connectivity index (χ1n) is 4.02. The van der Waals surface area contributed by atoms with Crippen molar-refractivity contribution in [1.82, 2.24) is 0 Å². The topological polar surface area (TPSA) is 17.1 Å². The lowest BCUT2D eigenvalue weighted by molar-refractivity contribution is -0.114. The van der Waals surface area contributed by atoms with E-state index in [4.69, 9.17) is 0 Å². The molecule has 2 aliphatic rings. The van der Waals surface area contributed by atoms with Gasteiger partial charge >= 0.3 is 0 Å². The largest absolute Gasteiger partial charge is 0.302 e. The first kappa shape index (κ1) is 6.84. The normalized spacial score (nSPS) is 46.8. The molecule has 2 rings (SSSR count). The number of hydrogen-bond acceptors (Lipinski definition) is 1. The Hall–Kier alpha value is -0.850. The van der Waals surface area contributed by atoms with E-state index in [0.717, 1.165) is 18.3 Å². The summed E-state index contributed by atoms with van der Waals surface area (Å²) < 4.78 is 0. The molecule has 0 radical (unpaired) electrons. The third kappa shape index (κ3) is 0.635. The summed E-state index contributed by atoms with van der Waals surface area (Å²) in [4.78, 5) is 10.8. The van der Waals surface area contributed by atoms with E-state index in [2.05, 4.69) is 18.7 Å². The molecule has 1 nitrogen and oxygen atoms in total. The van der Waals surface area contributed by atoms with Gasteiger partial charge < -0.3 is 4.79 Å². The van der Waals surface area contributed by atoms with Gasteiger partial charge in [0, 0.05) is 0 Å². The van der Waals surface area contributed by atoms with Crippen molar-refractivity contribution < 1.29 is 4.79 Å². The molecular weight excluding hydrogens is 136 g/mol. The lowest BCUT2D eigenvalue weighted by atomic mass is 9.76. The second-order valence-electron chi connectivity index (χ2n) is 3.76. The van der Waals surface area contributed by atoms with E-state index in [1.165, 1.54) is 0 Å². The van der Waals surface area contributed by atoms with Gasteiger partial charge in [0.1, 0.15) is 6.29 Å². The Bertz CT molecular complexity index is 252. The third-order valence-electron chi connectivity index (χ3n) is 3.24. The van der Waals surface area contributed by atoms with Crippen LogP contribution in [-0.4, -0.2) is 6.29 Å². The van der Waals surface area contributed by atoms with E-state index < -0.39 is 0 Å². The zero-order valence-corrected chi connectivity index (χ0v) is 6.71. The molecule has 0 aromatic rings. The van der Waals surface area contributed by atoms with E-state index in [1.807, 2.05) is 6.92 Å². The van der Waals surface area contributed by atoms with Crippen molar-refractivity contribution in [2.75, 3.05) is 0 Å². The molecule has 0 heterocycles. The van der Waals surface area contributed by atoms with Gasteiger partial charge in [0.15, 0.2) is 0 Å². The number of rotatable bonds is 1. The second kappa shape index (κ2) is 1.84. The van der Waals surface area contributed by atoms with Gasteiger partial charge in [-0.05, 0) is 25.2 Å². The Morgan fingerprint density at radius 2 is 2.45 bits per heavy atom. The van der Waals surface area contributed by atoms with Crippen LogP contribution < -0.4 is 0 Å². The smallest absolute Gasteiger partial charge is 0.130 e. The Morgan fingerprint density at radius 3 is 2.82 bits per heavy atom. The van der Waals surface area contributed by atoms with Gasteiger partial charge in [-0.2, -0.15) is 0 Å². The molecule has 0 N–H and O–H groups in total. The summed E-state index contributed by atoms with van der Waals surface area (Å²) in [6.45, 7) is 5.97. The summed E-state index contributed by atoms with van der Waals surface area (Å²) in [5, 5.41) is 0. The van der Waals surface area contributed by atoms with E-state index in [9.17, 15) is 4.79 Å². The maximum atomic E-state index is 10.8. The van der Waals surface area contributed by atoms with Crippen molar-refractivity contribution >= 4 is 6.29 Å². The summed E-state index contributed by atoms with van der Waals surface area (Å²) in [6, 6.07) is 0. The highest BCUT2D eigenvalue weighted by Crippen LogP contribution is 2.53. The van der Waals surface area contributed by atoms with Gasteiger partial charge in [-0.15, -0.1) is 0 Å². The molecule has 1 fully saturated rings. The maximum absolute atomic E-state index is 10.8. The van der Waals surface area contributed by atoms with Crippen LogP contribution in [0.4, 0.5) is 0 Å². The predicted octanol–water partition coefficient (Wildman–Crippen LogP) is 1.95. The van der Waals surface area contributed by atoms with Crippen LogP contribution in [0.5, 0.6) is 0 Å². The highest BCUT2D eigenvalue weighted by molar-refractivity contribution is 5.68. The number of hydrogen-bond donors (Lipinski definition) is 0. The molecule has 1 heteroatoms. The van der Waals surface area contributed by atoms with Crippen LogP contribution in [0.3, 0.4) is 0 Å². The average molecular weight is 148 g/mol. The fourth-order valence-corrected chi connectivity index (χ4v) is 2.20. The summed E-state index contributed by atoms with van der Waals surface area (Å²) >= 11 is 0. The fraction of sp³-hybridized carbons (Fsp3) is 0.500. The van der Waals surface area contributed by atoms with Crippen molar-refractivity contribution in [1.29, 1.82) is 0 Å². The molecule has 2 bridgehead atoms. The molecule has 0 aromatic heterocycles. The van der Waals surface area contributed by atoms with Crippen LogP contribution in [0.1, 0.15) is 13.3 Å². The van der Waals surface area contributed by atoms with Crippen LogP contribution in [-0.2, 0) is 4.79 Å². The van der Waals surface area contributed by atoms with Crippen molar-refractivity contribution in [2.24, 2.45) is 17.3 Å². The molecule has 0 amide bonds. The SMILES string of the molecule is C=C1[C@@H]2C=C[C@@H](C2)[C@]1(C)C=O. The monoisotopic (exact) mass is 148 g/mol. The third-order valence-corrected chi connectivity index (χ3v) is 3.24. The van der Waals surface area contributed by atoms with Crippen LogP contribution >= 0.6 is 0 Å². The van der Waals surface area contributed by atoms with E-state index >= 15 is 0 Å². The molecule has 0 unspecified atom stereocenters. The molecule has 3 atom stereocenters. The zero-order chi connectivity index (χ0) is 8.06. The maximum Gasteiger partial charge on any atom is 0.130 e. The Morgan fingerprint density at radius 1 is 1.73 bits per heavy atom. The molecule has 0 aliphatic heterocycles. The van der Waals surface area contributed by atoms with Gasteiger partial charge in [0.05, 0.1) is 5.41 Å². The predicted molar refractivity (Wildman–Crippen MR) is 44.0 cm³/mol. The van der Waals surface area contributed by atoms with Crippen molar-refractivity contribution in [3.63, 3.8) is 0 Å². The fourth-order valence-electron chi connectivity index (χ4n) is 2.20. The van der Waals surface area contributed by atoms with Gasteiger partial charge in [-0.1, -0.05) is 24.3 Å². The van der Waals surface area contributed by atoms with Crippen LogP contribution in [0, 0.1) is 17.3 Å². The van der Waals surface area contributed by atoms with E-state index in [1.54, 1.807) is 0 Å². The quantitative estimate of drug-likeness (QED) is 0.410. The van der Waals surface area contributed by atoms with Crippen LogP contribution in [0.25, 0.3) is 0 Å². The summed E-state index contributed by atoms with van der Waals surface area (Å²) in [5.74, 6) is 0.910. The summed E-state index contributed by atoms with van der Waals surface area (Å²) in [6.07, 6.45) is 6.50. The number of aldehydes is 1. The number of carbonyl (C=O) groups excluding carboxylic acids is 1. The van der Waals surface area contributed by atoms with Gasteiger partial charge in [-0.3, -0.25) is 0 Å². The van der Waals surface area contributed by atoms with Crippen LogP contribution in [0.15, 0.2) is 24.3 Å². The number of carbonyl (C=O) groups is 1. The molecule has 0 aromatic carbocycles. The Labute approximate surface area is 66.8 Å². The molecule has 0 spiro atoms. The summed E-state index contributed by atoms with van der Waals surface area (Å²) in [5.41, 5.74) is 0.861. The lowest BCUT2D eigenvalue weighted by Gasteiger charge is -2.26. The second-order valence-corrected chi connectivity index (χ2v) is 3.76. The van der Waals surface area contributed by atoms with Gasteiger partial charge in [0.25, 0.3) is 0 Å². The number of fused-ring (bicyclic) bond motifs is 2. The molecule has 2 aliphatic carbocycles. The first-order valence-corrected chi connectivity index (χ1v) is 4.02. The molecule has 0 saturated heterocycles. The van der Waals surface area contributed by atoms with E-state index in [0.29, 0.717) is 11.8 Å². The lowest BCUT2D eigenvalue weighted by Crippen LogP contribution is -2.25. The minimum atomic E-state index is -0.251. The standard InChI is InChI=1S/C10H12O/c1-7-8-3-4-9(5-8)10(7,2)6-11/h3-4,6,8-9H,1,5H2,2H3/t8-,9+,10-/m1/s1. The van der Waals surface area contributed by atoms with E-state index in [-0.39, 0.29) is 5.41 Å². The highest BCUT2D eigenvalue weighted by atomic mass is 16.1. The minimum Gasteiger partial charge on any atom is -0.302 e. The highest BCUT2D eigenvalue weighted by Gasteiger charge is 2.47. The molecule has 1 saturated carbocycles. The minimum absolute atomic E-state index is 0.251. The van der Waals surface area contributed by atoms with Crippen molar-refractivity contribution in [3.05, 3.63) is 24.3 Å². The first-order chi connectivity index (χ1) is 5.18. The Kier molecular flexibility index (Phi) is 1.15. The Balaban J connectivity index is 2.46. The molecular formula is C10H12O. The molecule has 11 heavy (non-hydrogen) atoms. The van der Waals surface area contributed by atoms with Crippen molar-refractivity contribution in [3.8, 4) is 0 Å². The average Bonchev–Trinajstić information content (AvgIpc) is 2.56. The van der Waals surface area contributed by atoms with Crippen LogP contribution in [0.2, 0.25) is 0 Å². The van der Waals surface area contributed by atoms with Gasteiger partial charge in [-0.25, -0.2) is 0 Å². The number of allylic oxidation sites excluding steroid dienone is 3. The van der Waals surface area contributed by atoms with Crippen molar-refractivity contribution in [2.45, 2.75) is 13.3 Å². The zero-order valence-electron chi connectivity index (χ0n) is 6.71. The van der Waals surface area contributed by atoms with Gasteiger partial charge in [0.2, 0.25) is 0 Å². The summed E-state index contributed by atoms with van der Waals surface area (Å²) in [7, 11) is 0.